The highest BCUT2D eigenvalue weighted by atomic mass is 32.2. The van der Waals surface area contributed by atoms with Gasteiger partial charge in [-0.3, -0.25) is 4.79 Å². The van der Waals surface area contributed by atoms with Crippen LogP contribution in [0.25, 0.3) is 0 Å². The Hall–Kier alpha value is -2.94. The molecule has 1 saturated heterocycles. The summed E-state index contributed by atoms with van der Waals surface area (Å²) in [7, 11) is -2.44. The first-order valence-electron chi connectivity index (χ1n) is 9.38. The quantitative estimate of drug-likeness (QED) is 0.620. The van der Waals surface area contributed by atoms with Gasteiger partial charge in [-0.15, -0.1) is 0 Å². The fourth-order valence-electron chi connectivity index (χ4n) is 3.35. The Kier molecular flexibility index (Phi) is 6.71. The number of nitrogens with zero attached hydrogens (tertiary/aromatic N) is 1. The molecule has 2 aromatic carbocycles. The summed E-state index contributed by atoms with van der Waals surface area (Å²) in [6.07, 6.45) is -0.796. The molecule has 1 aliphatic heterocycles. The molecule has 1 heterocycles. The van der Waals surface area contributed by atoms with E-state index in [1.54, 1.807) is 24.3 Å². The van der Waals surface area contributed by atoms with Gasteiger partial charge < -0.3 is 14.4 Å². The van der Waals surface area contributed by atoms with E-state index in [0.29, 0.717) is 0 Å². The zero-order valence-electron chi connectivity index (χ0n) is 16.4. The molecule has 1 aliphatic rings. The Balaban J connectivity index is 1.69. The summed E-state index contributed by atoms with van der Waals surface area (Å²) in [5, 5.41) is 0. The standard InChI is InChI=1S/C21H22FNO6S/c1-28-21(25)18-13-15(29-19-10-6-5-9-17(19)22)14-23(18)20(24)11-12-30(26,27)16-7-3-2-4-8-16/h2-10,15,18H,11-14H2,1H3. The van der Waals surface area contributed by atoms with Crippen LogP contribution in [0.2, 0.25) is 0 Å². The third-order valence-electron chi connectivity index (χ3n) is 4.87. The zero-order valence-corrected chi connectivity index (χ0v) is 17.2. The molecule has 0 bridgehead atoms. The van der Waals surface area contributed by atoms with Crippen LogP contribution in [0.1, 0.15) is 12.8 Å². The van der Waals surface area contributed by atoms with Crippen LogP contribution in [0, 0.1) is 5.82 Å². The van der Waals surface area contributed by atoms with Gasteiger partial charge in [-0.2, -0.15) is 0 Å². The van der Waals surface area contributed by atoms with Crippen molar-refractivity contribution >= 4 is 21.7 Å². The average Bonchev–Trinajstić information content (AvgIpc) is 3.18. The highest BCUT2D eigenvalue weighted by Gasteiger charge is 2.41. The van der Waals surface area contributed by atoms with E-state index in [0.717, 1.165) is 0 Å². The third-order valence-corrected chi connectivity index (χ3v) is 6.61. The summed E-state index contributed by atoms with van der Waals surface area (Å²) >= 11 is 0. The number of benzene rings is 2. The number of carbonyl (C=O) groups excluding carboxylic acids is 2. The second kappa shape index (κ2) is 9.25. The van der Waals surface area contributed by atoms with Crippen LogP contribution in [0.15, 0.2) is 59.5 Å². The van der Waals surface area contributed by atoms with Crippen molar-refractivity contribution in [2.75, 3.05) is 19.4 Å². The SMILES string of the molecule is COC(=O)C1CC(Oc2ccccc2F)CN1C(=O)CCS(=O)(=O)c1ccccc1. The molecule has 1 fully saturated rings. The lowest BCUT2D eigenvalue weighted by atomic mass is 10.2. The molecule has 0 radical (unpaired) electrons. The fraction of sp³-hybridized carbons (Fsp3) is 0.333. The Labute approximate surface area is 174 Å². The lowest BCUT2D eigenvalue weighted by Gasteiger charge is -2.22. The predicted molar refractivity (Wildman–Crippen MR) is 106 cm³/mol. The number of likely N-dealkylation sites (tertiary alicyclic amines) is 1. The van der Waals surface area contributed by atoms with E-state index < -0.39 is 39.7 Å². The number of amides is 1. The van der Waals surface area contributed by atoms with Crippen molar-refractivity contribution in [3.8, 4) is 5.75 Å². The lowest BCUT2D eigenvalue weighted by Crippen LogP contribution is -2.41. The largest absolute Gasteiger partial charge is 0.485 e. The summed E-state index contributed by atoms with van der Waals surface area (Å²) in [5.41, 5.74) is 0. The van der Waals surface area contributed by atoms with E-state index in [4.69, 9.17) is 9.47 Å². The van der Waals surface area contributed by atoms with Crippen molar-refractivity contribution in [1.82, 2.24) is 4.90 Å². The molecular weight excluding hydrogens is 413 g/mol. The number of esters is 1. The first-order valence-corrected chi connectivity index (χ1v) is 11.0. The van der Waals surface area contributed by atoms with Crippen molar-refractivity contribution in [2.24, 2.45) is 0 Å². The Bertz CT molecular complexity index is 1010. The highest BCUT2D eigenvalue weighted by molar-refractivity contribution is 7.91. The first-order chi connectivity index (χ1) is 14.3. The topological polar surface area (TPSA) is 90.0 Å². The van der Waals surface area contributed by atoms with Gasteiger partial charge in [-0.25, -0.2) is 17.6 Å². The number of halogens is 1. The van der Waals surface area contributed by atoms with Crippen LogP contribution in [-0.2, 0) is 24.2 Å². The minimum atomic E-state index is -3.64. The van der Waals surface area contributed by atoms with Crippen LogP contribution in [0.4, 0.5) is 4.39 Å². The summed E-state index contributed by atoms with van der Waals surface area (Å²) in [6.45, 7) is 0.0261. The van der Waals surface area contributed by atoms with Crippen molar-refractivity contribution in [3.05, 3.63) is 60.4 Å². The summed E-state index contributed by atoms with van der Waals surface area (Å²) in [5.74, 6) is -2.06. The number of methoxy groups -OCH3 is 1. The van der Waals surface area contributed by atoms with Crippen molar-refractivity contribution < 1.29 is 31.9 Å². The molecule has 0 saturated carbocycles. The molecule has 0 N–H and O–H groups in total. The van der Waals surface area contributed by atoms with Crippen LogP contribution in [-0.4, -0.2) is 56.7 Å². The van der Waals surface area contributed by atoms with Gasteiger partial charge in [0.1, 0.15) is 12.1 Å². The monoisotopic (exact) mass is 435 g/mol. The van der Waals surface area contributed by atoms with Crippen molar-refractivity contribution in [3.63, 3.8) is 0 Å². The predicted octanol–water partition coefficient (Wildman–Crippen LogP) is 2.21. The molecule has 1 amide bonds. The summed E-state index contributed by atoms with van der Waals surface area (Å²) in [6, 6.07) is 12.8. The molecule has 30 heavy (non-hydrogen) atoms. The summed E-state index contributed by atoms with van der Waals surface area (Å²) < 4.78 is 49.1. The number of sulfone groups is 1. The van der Waals surface area contributed by atoms with Crippen LogP contribution < -0.4 is 4.74 Å². The van der Waals surface area contributed by atoms with Crippen molar-refractivity contribution in [1.29, 1.82) is 0 Å². The second-order valence-corrected chi connectivity index (χ2v) is 8.98. The zero-order chi connectivity index (χ0) is 21.7. The van der Waals surface area contributed by atoms with E-state index in [9.17, 15) is 22.4 Å². The van der Waals surface area contributed by atoms with E-state index in [2.05, 4.69) is 0 Å². The number of carbonyl (C=O) groups is 2. The molecule has 160 valence electrons. The summed E-state index contributed by atoms with van der Waals surface area (Å²) in [4.78, 5) is 26.3. The number of hydrogen-bond donors (Lipinski definition) is 0. The Morgan fingerprint density at radius 1 is 1.10 bits per heavy atom. The van der Waals surface area contributed by atoms with Gasteiger partial charge in [-0.1, -0.05) is 30.3 Å². The average molecular weight is 435 g/mol. The number of hydrogen-bond acceptors (Lipinski definition) is 6. The molecule has 2 atom stereocenters. The van der Waals surface area contributed by atoms with Crippen LogP contribution in [0.5, 0.6) is 5.75 Å². The maximum Gasteiger partial charge on any atom is 0.328 e. The Morgan fingerprint density at radius 2 is 1.77 bits per heavy atom. The number of ether oxygens (including phenoxy) is 2. The van der Waals surface area contributed by atoms with Gasteiger partial charge in [0.25, 0.3) is 0 Å². The molecule has 7 nitrogen and oxygen atoms in total. The van der Waals surface area contributed by atoms with Crippen LogP contribution >= 0.6 is 0 Å². The second-order valence-electron chi connectivity index (χ2n) is 6.87. The molecule has 3 rings (SSSR count). The molecule has 2 unspecified atom stereocenters. The van der Waals surface area contributed by atoms with E-state index in [1.165, 1.54) is 42.3 Å². The smallest absolute Gasteiger partial charge is 0.328 e. The van der Waals surface area contributed by atoms with E-state index in [1.807, 2.05) is 0 Å². The maximum atomic E-state index is 13.9. The van der Waals surface area contributed by atoms with Gasteiger partial charge in [0, 0.05) is 12.8 Å². The maximum absolute atomic E-state index is 13.9. The Morgan fingerprint density at radius 3 is 2.43 bits per heavy atom. The van der Waals surface area contributed by atoms with Gasteiger partial charge in [0.2, 0.25) is 5.91 Å². The number of rotatable bonds is 7. The van der Waals surface area contributed by atoms with Crippen molar-refractivity contribution in [2.45, 2.75) is 29.9 Å². The fourth-order valence-corrected chi connectivity index (χ4v) is 4.60. The molecular formula is C21H22FNO6S. The van der Waals surface area contributed by atoms with Gasteiger partial charge in [0.05, 0.1) is 24.3 Å². The highest BCUT2D eigenvalue weighted by Crippen LogP contribution is 2.26. The van der Waals surface area contributed by atoms with Gasteiger partial charge >= 0.3 is 5.97 Å². The molecule has 0 aliphatic carbocycles. The molecule has 9 heteroatoms. The first kappa shape index (κ1) is 21.8. The normalized spacial score (nSPS) is 18.8. The van der Waals surface area contributed by atoms with Gasteiger partial charge in [0.15, 0.2) is 21.4 Å². The third kappa shape index (κ3) is 4.96. The van der Waals surface area contributed by atoms with Gasteiger partial charge in [-0.05, 0) is 24.3 Å². The molecule has 2 aromatic rings. The lowest BCUT2D eigenvalue weighted by molar-refractivity contribution is -0.150. The van der Waals surface area contributed by atoms with E-state index >= 15 is 0 Å². The minimum absolute atomic E-state index is 0.0204. The molecule has 0 aromatic heterocycles. The number of para-hydroxylation sites is 1. The van der Waals surface area contributed by atoms with Crippen LogP contribution in [0.3, 0.4) is 0 Å². The van der Waals surface area contributed by atoms with E-state index in [-0.39, 0.29) is 35.8 Å². The molecule has 0 spiro atoms. The minimum Gasteiger partial charge on any atom is -0.485 e.